The normalized spacial score (nSPS) is 21.9. The van der Waals surface area contributed by atoms with E-state index in [-0.39, 0.29) is 23.9 Å². The molecule has 0 aliphatic carbocycles. The third kappa shape index (κ3) is 5.14. The van der Waals surface area contributed by atoms with E-state index in [1.54, 1.807) is 0 Å². The first-order chi connectivity index (χ1) is 9.45. The van der Waals surface area contributed by atoms with Gasteiger partial charge in [-0.15, -0.1) is 0 Å². The summed E-state index contributed by atoms with van der Waals surface area (Å²) in [6, 6.07) is -0.102. The fourth-order valence-electron chi connectivity index (χ4n) is 2.77. The molecule has 1 saturated heterocycles. The first-order valence-corrected chi connectivity index (χ1v) is 8.05. The van der Waals surface area contributed by atoms with E-state index in [9.17, 15) is 9.59 Å². The highest BCUT2D eigenvalue weighted by Gasteiger charge is 2.32. The number of nitrogens with zero attached hydrogens (tertiary/aromatic N) is 1. The maximum absolute atomic E-state index is 12.6. The summed E-state index contributed by atoms with van der Waals surface area (Å²) in [5.41, 5.74) is 0. The Morgan fingerprint density at radius 3 is 2.55 bits per heavy atom. The highest BCUT2D eigenvalue weighted by atomic mass is 16.2. The Hall–Kier alpha value is -1.06. The molecule has 0 aromatic rings. The number of hydrogen-bond acceptors (Lipinski definition) is 2. The molecule has 1 aliphatic heterocycles. The van der Waals surface area contributed by atoms with Gasteiger partial charge in [0, 0.05) is 19.0 Å². The van der Waals surface area contributed by atoms with Gasteiger partial charge in [0.05, 0.1) is 0 Å². The van der Waals surface area contributed by atoms with Crippen LogP contribution >= 0.6 is 0 Å². The van der Waals surface area contributed by atoms with Gasteiger partial charge >= 0.3 is 0 Å². The second-order valence-electron chi connectivity index (χ2n) is 6.38. The molecule has 1 rings (SSSR count). The minimum Gasteiger partial charge on any atom is -0.344 e. The number of unbranched alkanes of at least 4 members (excludes halogenated alkanes) is 2. The molecule has 0 aromatic heterocycles. The van der Waals surface area contributed by atoms with Crippen LogP contribution in [-0.2, 0) is 9.59 Å². The van der Waals surface area contributed by atoms with Crippen molar-refractivity contribution >= 4 is 11.8 Å². The monoisotopic (exact) mass is 282 g/mol. The van der Waals surface area contributed by atoms with Gasteiger partial charge < -0.3 is 10.2 Å². The number of amides is 2. The van der Waals surface area contributed by atoms with Crippen molar-refractivity contribution in [2.45, 2.75) is 78.3 Å². The summed E-state index contributed by atoms with van der Waals surface area (Å²) in [4.78, 5) is 26.3. The third-order valence-electron chi connectivity index (χ3n) is 3.96. The van der Waals surface area contributed by atoms with Gasteiger partial charge in [0.1, 0.15) is 6.04 Å². The molecule has 4 heteroatoms. The Labute approximate surface area is 123 Å². The largest absolute Gasteiger partial charge is 0.344 e. The lowest BCUT2D eigenvalue weighted by molar-refractivity contribution is -0.135. The van der Waals surface area contributed by atoms with Crippen LogP contribution in [0.4, 0.5) is 0 Å². The molecule has 2 amide bonds. The standard InChI is InChI=1S/C16H30N2O2/c1-5-6-7-8-13(4)18-10-9-15(19)17-14(16(18)20)11-12(2)3/h12-14H,5-11H2,1-4H3,(H,17,19). The summed E-state index contributed by atoms with van der Waals surface area (Å²) in [5.74, 6) is 0.514. The summed E-state index contributed by atoms with van der Waals surface area (Å²) in [6.45, 7) is 9.02. The van der Waals surface area contributed by atoms with Gasteiger partial charge in [-0.05, 0) is 25.7 Å². The van der Waals surface area contributed by atoms with Crippen LogP contribution in [0.2, 0.25) is 0 Å². The van der Waals surface area contributed by atoms with Crippen LogP contribution in [-0.4, -0.2) is 35.3 Å². The molecule has 0 radical (unpaired) electrons. The lowest BCUT2D eigenvalue weighted by Gasteiger charge is -2.30. The molecule has 116 valence electrons. The molecule has 0 aromatic carbocycles. The molecule has 1 aliphatic rings. The maximum atomic E-state index is 12.6. The first kappa shape index (κ1) is 17.0. The molecule has 0 saturated carbocycles. The minimum absolute atomic E-state index is 0.00672. The number of nitrogens with one attached hydrogen (secondary N) is 1. The predicted octanol–water partition coefficient (Wildman–Crippen LogP) is 2.72. The van der Waals surface area contributed by atoms with Crippen molar-refractivity contribution < 1.29 is 9.59 Å². The summed E-state index contributed by atoms with van der Waals surface area (Å²) < 4.78 is 0. The quantitative estimate of drug-likeness (QED) is 0.730. The second-order valence-corrected chi connectivity index (χ2v) is 6.38. The highest BCUT2D eigenvalue weighted by molar-refractivity contribution is 5.90. The predicted molar refractivity (Wildman–Crippen MR) is 81.3 cm³/mol. The van der Waals surface area contributed by atoms with Gasteiger partial charge in [-0.1, -0.05) is 40.0 Å². The lowest BCUT2D eigenvalue weighted by Crippen LogP contribution is -2.48. The van der Waals surface area contributed by atoms with E-state index in [1.165, 1.54) is 12.8 Å². The Kier molecular flexibility index (Phi) is 7.03. The van der Waals surface area contributed by atoms with Gasteiger partial charge in [0.15, 0.2) is 0 Å². The van der Waals surface area contributed by atoms with Crippen LogP contribution in [0.3, 0.4) is 0 Å². The van der Waals surface area contributed by atoms with E-state index in [2.05, 4.69) is 33.0 Å². The minimum atomic E-state index is -0.335. The van der Waals surface area contributed by atoms with Crippen LogP contribution in [0.15, 0.2) is 0 Å². The van der Waals surface area contributed by atoms with Crippen LogP contribution in [0.5, 0.6) is 0 Å². The zero-order valence-electron chi connectivity index (χ0n) is 13.4. The summed E-state index contributed by atoms with van der Waals surface area (Å²) in [5, 5.41) is 2.88. The molecule has 4 nitrogen and oxygen atoms in total. The number of rotatable bonds is 7. The van der Waals surface area contributed by atoms with Gasteiger partial charge in [-0.25, -0.2) is 0 Å². The Balaban J connectivity index is 2.68. The highest BCUT2D eigenvalue weighted by Crippen LogP contribution is 2.17. The zero-order chi connectivity index (χ0) is 15.1. The van der Waals surface area contributed by atoms with Crippen LogP contribution < -0.4 is 5.32 Å². The smallest absolute Gasteiger partial charge is 0.245 e. The van der Waals surface area contributed by atoms with Gasteiger partial charge in [0.25, 0.3) is 0 Å². The van der Waals surface area contributed by atoms with E-state index >= 15 is 0 Å². The summed E-state index contributed by atoms with van der Waals surface area (Å²) in [7, 11) is 0. The fraction of sp³-hybridized carbons (Fsp3) is 0.875. The third-order valence-corrected chi connectivity index (χ3v) is 3.96. The summed E-state index contributed by atoms with van der Waals surface area (Å²) in [6.07, 6.45) is 5.73. The Morgan fingerprint density at radius 1 is 1.25 bits per heavy atom. The average molecular weight is 282 g/mol. The zero-order valence-corrected chi connectivity index (χ0v) is 13.4. The van der Waals surface area contributed by atoms with Gasteiger partial charge in [-0.2, -0.15) is 0 Å². The number of carbonyl (C=O) groups is 2. The summed E-state index contributed by atoms with van der Waals surface area (Å²) >= 11 is 0. The first-order valence-electron chi connectivity index (χ1n) is 8.05. The molecule has 1 heterocycles. The van der Waals surface area contributed by atoms with Gasteiger partial charge in [-0.3, -0.25) is 9.59 Å². The molecule has 2 atom stereocenters. The second kappa shape index (κ2) is 8.28. The van der Waals surface area contributed by atoms with Crippen molar-refractivity contribution in [2.24, 2.45) is 5.92 Å². The molecule has 1 N–H and O–H groups in total. The molecule has 2 unspecified atom stereocenters. The SMILES string of the molecule is CCCCCC(C)N1CCC(=O)NC(CC(C)C)C1=O. The van der Waals surface area contributed by atoms with Crippen molar-refractivity contribution in [3.05, 3.63) is 0 Å². The van der Waals surface area contributed by atoms with Crippen LogP contribution in [0.25, 0.3) is 0 Å². The number of carbonyl (C=O) groups excluding carboxylic acids is 2. The Morgan fingerprint density at radius 2 is 1.95 bits per heavy atom. The molecular weight excluding hydrogens is 252 g/mol. The van der Waals surface area contributed by atoms with Crippen LogP contribution in [0, 0.1) is 5.92 Å². The van der Waals surface area contributed by atoms with E-state index in [0.29, 0.717) is 18.9 Å². The van der Waals surface area contributed by atoms with Crippen LogP contribution in [0.1, 0.15) is 66.2 Å². The topological polar surface area (TPSA) is 49.4 Å². The lowest BCUT2D eigenvalue weighted by atomic mass is 10.0. The Bertz CT molecular complexity index is 328. The molecule has 0 bridgehead atoms. The maximum Gasteiger partial charge on any atom is 0.245 e. The average Bonchev–Trinajstić information content (AvgIpc) is 2.49. The van der Waals surface area contributed by atoms with E-state index in [4.69, 9.17) is 0 Å². The molecule has 1 fully saturated rings. The van der Waals surface area contributed by atoms with Crippen molar-refractivity contribution in [2.75, 3.05) is 6.54 Å². The molecule has 0 spiro atoms. The van der Waals surface area contributed by atoms with E-state index < -0.39 is 0 Å². The van der Waals surface area contributed by atoms with Crippen molar-refractivity contribution in [3.63, 3.8) is 0 Å². The fourth-order valence-corrected chi connectivity index (χ4v) is 2.77. The molecule has 20 heavy (non-hydrogen) atoms. The van der Waals surface area contributed by atoms with Crippen molar-refractivity contribution in [1.82, 2.24) is 10.2 Å². The van der Waals surface area contributed by atoms with Crippen molar-refractivity contribution in [1.29, 1.82) is 0 Å². The molecular formula is C16H30N2O2. The van der Waals surface area contributed by atoms with Gasteiger partial charge in [0.2, 0.25) is 11.8 Å². The van der Waals surface area contributed by atoms with E-state index in [0.717, 1.165) is 19.3 Å². The van der Waals surface area contributed by atoms with E-state index in [1.807, 2.05) is 4.90 Å². The number of hydrogen-bond donors (Lipinski definition) is 1. The van der Waals surface area contributed by atoms with Crippen molar-refractivity contribution in [3.8, 4) is 0 Å².